The fourth-order valence-corrected chi connectivity index (χ4v) is 3.31. The minimum atomic E-state index is -0.885. The third-order valence-corrected chi connectivity index (χ3v) is 4.88. The van der Waals surface area contributed by atoms with Crippen molar-refractivity contribution < 1.29 is 23.5 Å². The molecule has 0 aliphatic heterocycles. The van der Waals surface area contributed by atoms with Crippen molar-refractivity contribution in [1.29, 1.82) is 0 Å². The molecule has 4 aromatic rings. The molecule has 3 N–H and O–H groups in total. The van der Waals surface area contributed by atoms with Crippen molar-refractivity contribution in [3.05, 3.63) is 107 Å². The van der Waals surface area contributed by atoms with E-state index in [-0.39, 0.29) is 29.1 Å². The maximum atomic E-state index is 13.3. The first-order valence-corrected chi connectivity index (χ1v) is 10.2. The van der Waals surface area contributed by atoms with Crippen molar-refractivity contribution in [3.8, 4) is 5.75 Å². The van der Waals surface area contributed by atoms with E-state index in [1.54, 1.807) is 11.0 Å². The van der Waals surface area contributed by atoms with Gasteiger partial charge in [-0.05, 0) is 35.4 Å². The lowest BCUT2D eigenvalue weighted by Crippen LogP contribution is -2.23. The molecular weight excluding hydrogens is 444 g/mol. The van der Waals surface area contributed by atoms with Crippen molar-refractivity contribution >= 4 is 17.5 Å². The number of nitrogens with one attached hydrogen (secondary N) is 2. The van der Waals surface area contributed by atoms with E-state index in [0.717, 1.165) is 23.3 Å². The monoisotopic (exact) mass is 463 g/mol. The Balaban J connectivity index is 1.38. The number of amides is 2. The zero-order valence-electron chi connectivity index (χ0n) is 17.7. The number of hydrogen-bond donors (Lipinski definition) is 3. The summed E-state index contributed by atoms with van der Waals surface area (Å²) in [4.78, 5) is 28.7. The number of carbonyl (C=O) groups is 2. The molecule has 0 saturated heterocycles. The van der Waals surface area contributed by atoms with E-state index >= 15 is 0 Å². The average Bonchev–Trinajstić information content (AvgIpc) is 3.30. The molecule has 3 aromatic carbocycles. The smallest absolute Gasteiger partial charge is 0.255 e. The lowest BCUT2D eigenvalue weighted by atomic mass is 10.1. The van der Waals surface area contributed by atoms with Crippen LogP contribution in [0.3, 0.4) is 0 Å². The van der Waals surface area contributed by atoms with Crippen LogP contribution in [0, 0.1) is 11.6 Å². The van der Waals surface area contributed by atoms with Crippen LogP contribution in [-0.2, 0) is 13.1 Å². The summed E-state index contributed by atoms with van der Waals surface area (Å²) in [6.45, 7) is 0.769. The Morgan fingerprint density at radius 1 is 0.941 bits per heavy atom. The van der Waals surface area contributed by atoms with E-state index in [1.165, 1.54) is 24.5 Å². The number of anilines is 1. The molecule has 34 heavy (non-hydrogen) atoms. The number of hydrogen-bond acceptors (Lipinski definition) is 5. The van der Waals surface area contributed by atoms with E-state index in [1.807, 2.05) is 24.3 Å². The van der Waals surface area contributed by atoms with Gasteiger partial charge in [-0.3, -0.25) is 9.59 Å². The molecule has 1 aromatic heterocycles. The number of phenolic OH excluding ortho intramolecular Hbond substituents is 1. The maximum absolute atomic E-state index is 13.3. The predicted octanol–water partition coefficient (Wildman–Crippen LogP) is 3.49. The number of halogens is 2. The van der Waals surface area contributed by atoms with E-state index in [0.29, 0.717) is 12.6 Å². The quantitative estimate of drug-likeness (QED) is 0.389. The van der Waals surface area contributed by atoms with Crippen LogP contribution in [0.15, 0.2) is 73.3 Å². The van der Waals surface area contributed by atoms with Gasteiger partial charge in [0.25, 0.3) is 11.8 Å². The van der Waals surface area contributed by atoms with Gasteiger partial charge in [0, 0.05) is 29.9 Å². The molecule has 0 radical (unpaired) electrons. The predicted molar refractivity (Wildman–Crippen MR) is 119 cm³/mol. The molecule has 2 amide bonds. The van der Waals surface area contributed by atoms with E-state index < -0.39 is 23.4 Å². The standard InChI is InChI=1S/C24H19F2N5O3/c25-18-7-17(8-19(26)9-18)23(33)30-20-4-5-21(22(32)10-20)24(34)28-11-15-2-1-3-16(6-15)12-31-14-27-13-29-31/h1-10,13-14,32H,11-12H2,(H,28,34)(H,30,33). The van der Waals surface area contributed by atoms with Gasteiger partial charge in [-0.15, -0.1) is 0 Å². The van der Waals surface area contributed by atoms with E-state index in [9.17, 15) is 23.5 Å². The Morgan fingerprint density at radius 2 is 1.71 bits per heavy atom. The molecule has 0 aliphatic rings. The summed E-state index contributed by atoms with van der Waals surface area (Å²) in [6, 6.07) is 14.0. The Bertz CT molecular complexity index is 1320. The van der Waals surface area contributed by atoms with E-state index in [4.69, 9.17) is 0 Å². The molecule has 172 valence electrons. The van der Waals surface area contributed by atoms with Crippen LogP contribution in [0.5, 0.6) is 5.75 Å². The van der Waals surface area contributed by atoms with E-state index in [2.05, 4.69) is 20.7 Å². The summed E-state index contributed by atoms with van der Waals surface area (Å²) in [5.41, 5.74) is 1.79. The normalized spacial score (nSPS) is 10.6. The molecule has 10 heteroatoms. The Labute approximate surface area is 192 Å². The fourth-order valence-electron chi connectivity index (χ4n) is 3.31. The third kappa shape index (κ3) is 5.60. The van der Waals surface area contributed by atoms with Crippen molar-refractivity contribution in [2.45, 2.75) is 13.1 Å². The molecule has 0 spiro atoms. The lowest BCUT2D eigenvalue weighted by Gasteiger charge is -2.11. The molecule has 0 atom stereocenters. The first kappa shape index (κ1) is 22.6. The first-order valence-electron chi connectivity index (χ1n) is 10.2. The molecule has 4 rings (SSSR count). The molecule has 0 unspecified atom stereocenters. The van der Waals surface area contributed by atoms with Gasteiger partial charge in [0.2, 0.25) is 0 Å². The summed E-state index contributed by atoms with van der Waals surface area (Å²) in [7, 11) is 0. The molecule has 0 aliphatic carbocycles. The van der Waals surface area contributed by atoms with Gasteiger partial charge < -0.3 is 15.7 Å². The fraction of sp³-hybridized carbons (Fsp3) is 0.0833. The zero-order valence-corrected chi connectivity index (χ0v) is 17.7. The van der Waals surface area contributed by atoms with Gasteiger partial charge >= 0.3 is 0 Å². The molecule has 1 heterocycles. The zero-order chi connectivity index (χ0) is 24.1. The van der Waals surface area contributed by atoms with Crippen molar-refractivity contribution in [2.75, 3.05) is 5.32 Å². The van der Waals surface area contributed by atoms with Crippen molar-refractivity contribution in [1.82, 2.24) is 20.1 Å². The number of aromatic hydroxyl groups is 1. The molecule has 0 saturated carbocycles. The van der Waals surface area contributed by atoms with Crippen molar-refractivity contribution in [2.24, 2.45) is 0 Å². The highest BCUT2D eigenvalue weighted by atomic mass is 19.1. The van der Waals surface area contributed by atoms with Crippen LogP contribution >= 0.6 is 0 Å². The van der Waals surface area contributed by atoms with Crippen LogP contribution in [0.4, 0.5) is 14.5 Å². The second kappa shape index (κ2) is 9.90. The highest BCUT2D eigenvalue weighted by Gasteiger charge is 2.14. The van der Waals surface area contributed by atoms with Crippen LogP contribution in [-0.4, -0.2) is 31.7 Å². The number of benzene rings is 3. The SMILES string of the molecule is O=C(Nc1ccc(C(=O)NCc2cccc(Cn3cncn3)c2)c(O)c1)c1cc(F)cc(F)c1. The van der Waals surface area contributed by atoms with Crippen LogP contribution in [0.2, 0.25) is 0 Å². The first-order chi connectivity index (χ1) is 16.4. The second-order valence-electron chi connectivity index (χ2n) is 7.44. The highest BCUT2D eigenvalue weighted by molar-refractivity contribution is 6.05. The minimum Gasteiger partial charge on any atom is -0.507 e. The summed E-state index contributed by atoms with van der Waals surface area (Å²) >= 11 is 0. The molecule has 8 nitrogen and oxygen atoms in total. The summed E-state index contributed by atoms with van der Waals surface area (Å²) < 4.78 is 28.3. The highest BCUT2D eigenvalue weighted by Crippen LogP contribution is 2.23. The Kier molecular flexibility index (Phi) is 6.58. The molecule has 0 fully saturated rings. The van der Waals surface area contributed by atoms with Gasteiger partial charge in [-0.1, -0.05) is 24.3 Å². The number of phenols is 1. The molecule has 0 bridgehead atoms. The van der Waals surface area contributed by atoms with Gasteiger partial charge in [0.15, 0.2) is 0 Å². The topological polar surface area (TPSA) is 109 Å². The van der Waals surface area contributed by atoms with Gasteiger partial charge in [0.05, 0.1) is 12.1 Å². The third-order valence-electron chi connectivity index (χ3n) is 4.88. The number of nitrogens with zero attached hydrogens (tertiary/aromatic N) is 3. The lowest BCUT2D eigenvalue weighted by molar-refractivity contribution is 0.0947. The number of rotatable bonds is 7. The van der Waals surface area contributed by atoms with Gasteiger partial charge in [-0.25, -0.2) is 18.4 Å². The molecular formula is C24H19F2N5O3. The second-order valence-corrected chi connectivity index (χ2v) is 7.44. The Hall–Kier alpha value is -4.60. The number of carbonyl (C=O) groups excluding carboxylic acids is 2. The Morgan fingerprint density at radius 3 is 2.41 bits per heavy atom. The minimum absolute atomic E-state index is 0.00793. The van der Waals surface area contributed by atoms with Crippen LogP contribution in [0.1, 0.15) is 31.8 Å². The largest absolute Gasteiger partial charge is 0.507 e. The van der Waals surface area contributed by atoms with Crippen LogP contribution in [0.25, 0.3) is 0 Å². The summed E-state index contributed by atoms with van der Waals surface area (Å²) in [5.74, 6) is -3.40. The summed E-state index contributed by atoms with van der Waals surface area (Å²) in [5, 5.41) is 19.5. The van der Waals surface area contributed by atoms with Crippen molar-refractivity contribution in [3.63, 3.8) is 0 Å². The van der Waals surface area contributed by atoms with Gasteiger partial charge in [-0.2, -0.15) is 5.10 Å². The van der Waals surface area contributed by atoms with Crippen LogP contribution < -0.4 is 10.6 Å². The average molecular weight is 463 g/mol. The number of aromatic nitrogens is 3. The van der Waals surface area contributed by atoms with Gasteiger partial charge in [0.1, 0.15) is 30.0 Å². The summed E-state index contributed by atoms with van der Waals surface area (Å²) in [6.07, 6.45) is 3.06. The maximum Gasteiger partial charge on any atom is 0.255 e.